The average Bonchev–Trinajstić information content (AvgIpc) is 2.35. The number of hydrogen-bond acceptors (Lipinski definition) is 2. The first-order valence-corrected chi connectivity index (χ1v) is 4.67. The second-order valence-corrected chi connectivity index (χ2v) is 4.54. The Hall–Kier alpha value is -0.0800. The molecule has 0 amide bonds. The zero-order chi connectivity index (χ0) is 9.24. The van der Waals surface area contributed by atoms with Gasteiger partial charge in [-0.1, -0.05) is 0 Å². The summed E-state index contributed by atoms with van der Waals surface area (Å²) < 4.78 is 11.1. The number of methoxy groups -OCH3 is 1. The van der Waals surface area contributed by atoms with Crippen LogP contribution in [0.4, 0.5) is 0 Å². The third-order valence-corrected chi connectivity index (χ3v) is 2.65. The van der Waals surface area contributed by atoms with Crippen LogP contribution in [-0.4, -0.2) is 24.9 Å². The van der Waals surface area contributed by atoms with Crippen molar-refractivity contribution in [3.8, 4) is 0 Å². The SMILES string of the molecule is COC(C)(C)CC1(C)CCCO1. The molecule has 1 heterocycles. The Morgan fingerprint density at radius 3 is 2.58 bits per heavy atom. The molecular formula is C10H20O2. The minimum absolute atomic E-state index is 0.0551. The number of hydrogen-bond donors (Lipinski definition) is 0. The Morgan fingerprint density at radius 1 is 1.50 bits per heavy atom. The van der Waals surface area contributed by atoms with Crippen molar-refractivity contribution in [3.05, 3.63) is 0 Å². The Bertz CT molecular complexity index is 146. The Morgan fingerprint density at radius 2 is 2.17 bits per heavy atom. The molecule has 1 atom stereocenters. The van der Waals surface area contributed by atoms with E-state index in [1.165, 1.54) is 12.8 Å². The molecule has 1 aliphatic rings. The molecule has 1 aliphatic heterocycles. The third-order valence-electron chi connectivity index (χ3n) is 2.65. The smallest absolute Gasteiger partial charge is 0.0682 e. The van der Waals surface area contributed by atoms with Crippen molar-refractivity contribution in [1.82, 2.24) is 0 Å². The topological polar surface area (TPSA) is 18.5 Å². The summed E-state index contributed by atoms with van der Waals surface area (Å²) in [5.74, 6) is 0. The van der Waals surface area contributed by atoms with Gasteiger partial charge in [0.05, 0.1) is 11.2 Å². The third kappa shape index (κ3) is 2.46. The highest BCUT2D eigenvalue weighted by molar-refractivity contribution is 4.87. The monoisotopic (exact) mass is 172 g/mol. The van der Waals surface area contributed by atoms with Gasteiger partial charge in [0.1, 0.15) is 0 Å². The van der Waals surface area contributed by atoms with Gasteiger partial charge in [0.2, 0.25) is 0 Å². The molecule has 1 saturated heterocycles. The van der Waals surface area contributed by atoms with Crippen LogP contribution in [0.25, 0.3) is 0 Å². The fourth-order valence-electron chi connectivity index (χ4n) is 1.95. The van der Waals surface area contributed by atoms with E-state index < -0.39 is 0 Å². The average molecular weight is 172 g/mol. The van der Waals surface area contributed by atoms with E-state index in [1.54, 1.807) is 7.11 Å². The van der Waals surface area contributed by atoms with Gasteiger partial charge >= 0.3 is 0 Å². The minimum Gasteiger partial charge on any atom is -0.379 e. The molecule has 0 aromatic rings. The molecule has 1 unspecified atom stereocenters. The van der Waals surface area contributed by atoms with Gasteiger partial charge in [-0.05, 0) is 33.6 Å². The van der Waals surface area contributed by atoms with Gasteiger partial charge in [0.15, 0.2) is 0 Å². The molecule has 0 radical (unpaired) electrons. The summed E-state index contributed by atoms with van der Waals surface area (Å²) >= 11 is 0. The summed E-state index contributed by atoms with van der Waals surface area (Å²) in [4.78, 5) is 0. The van der Waals surface area contributed by atoms with Gasteiger partial charge in [-0.25, -0.2) is 0 Å². The van der Waals surface area contributed by atoms with E-state index in [9.17, 15) is 0 Å². The quantitative estimate of drug-likeness (QED) is 0.650. The molecule has 0 saturated carbocycles. The van der Waals surface area contributed by atoms with Crippen molar-refractivity contribution in [2.75, 3.05) is 13.7 Å². The van der Waals surface area contributed by atoms with E-state index in [4.69, 9.17) is 9.47 Å². The van der Waals surface area contributed by atoms with Crippen molar-refractivity contribution in [3.63, 3.8) is 0 Å². The second-order valence-electron chi connectivity index (χ2n) is 4.54. The predicted molar refractivity (Wildman–Crippen MR) is 49.3 cm³/mol. The Balaban J connectivity index is 2.48. The van der Waals surface area contributed by atoms with Gasteiger partial charge in [0, 0.05) is 20.1 Å². The van der Waals surface area contributed by atoms with E-state index in [-0.39, 0.29) is 11.2 Å². The van der Waals surface area contributed by atoms with Crippen molar-refractivity contribution in [1.29, 1.82) is 0 Å². The Kier molecular flexibility index (Phi) is 2.79. The molecule has 12 heavy (non-hydrogen) atoms. The summed E-state index contributed by atoms with van der Waals surface area (Å²) in [5.41, 5.74) is -0.00139. The lowest BCUT2D eigenvalue weighted by Crippen LogP contribution is -2.36. The highest BCUT2D eigenvalue weighted by Crippen LogP contribution is 2.33. The minimum atomic E-state index is -0.0565. The summed E-state index contributed by atoms with van der Waals surface area (Å²) in [6, 6.07) is 0. The van der Waals surface area contributed by atoms with E-state index in [0.717, 1.165) is 13.0 Å². The van der Waals surface area contributed by atoms with E-state index >= 15 is 0 Å². The van der Waals surface area contributed by atoms with Gasteiger partial charge in [-0.2, -0.15) is 0 Å². The molecule has 1 fully saturated rings. The first kappa shape index (κ1) is 10.0. The first-order chi connectivity index (χ1) is 5.47. The predicted octanol–water partition coefficient (Wildman–Crippen LogP) is 2.37. The molecule has 2 nitrogen and oxygen atoms in total. The van der Waals surface area contributed by atoms with Gasteiger partial charge in [-0.3, -0.25) is 0 Å². The maximum atomic E-state index is 5.70. The van der Waals surface area contributed by atoms with E-state index in [2.05, 4.69) is 20.8 Å². The van der Waals surface area contributed by atoms with Crippen LogP contribution in [-0.2, 0) is 9.47 Å². The summed E-state index contributed by atoms with van der Waals surface area (Å²) in [7, 11) is 1.76. The molecular weight excluding hydrogens is 152 g/mol. The van der Waals surface area contributed by atoms with Crippen LogP contribution >= 0.6 is 0 Å². The summed E-state index contributed by atoms with van der Waals surface area (Å²) in [5, 5.41) is 0. The van der Waals surface area contributed by atoms with Gasteiger partial charge in [0.25, 0.3) is 0 Å². The van der Waals surface area contributed by atoms with Gasteiger partial charge in [-0.15, -0.1) is 0 Å². The molecule has 2 heteroatoms. The molecule has 0 N–H and O–H groups in total. The summed E-state index contributed by atoms with van der Waals surface area (Å²) in [6.45, 7) is 7.32. The zero-order valence-electron chi connectivity index (χ0n) is 8.64. The van der Waals surface area contributed by atoms with Crippen molar-refractivity contribution < 1.29 is 9.47 Å². The molecule has 0 aromatic heterocycles. The fourth-order valence-corrected chi connectivity index (χ4v) is 1.95. The molecule has 1 rings (SSSR count). The maximum Gasteiger partial charge on any atom is 0.0682 e. The number of ether oxygens (including phenoxy) is 2. The van der Waals surface area contributed by atoms with Crippen LogP contribution in [0.1, 0.15) is 40.0 Å². The van der Waals surface area contributed by atoms with Crippen LogP contribution in [0.2, 0.25) is 0 Å². The highest BCUT2D eigenvalue weighted by Gasteiger charge is 2.35. The zero-order valence-corrected chi connectivity index (χ0v) is 8.64. The fraction of sp³-hybridized carbons (Fsp3) is 1.00. The number of rotatable bonds is 3. The molecule has 0 bridgehead atoms. The Labute approximate surface area is 75.2 Å². The van der Waals surface area contributed by atoms with E-state index in [0.29, 0.717) is 0 Å². The first-order valence-electron chi connectivity index (χ1n) is 4.67. The van der Waals surface area contributed by atoms with Crippen molar-refractivity contribution >= 4 is 0 Å². The lowest BCUT2D eigenvalue weighted by atomic mass is 9.89. The largest absolute Gasteiger partial charge is 0.379 e. The molecule has 72 valence electrons. The second kappa shape index (κ2) is 3.35. The standard InChI is InChI=1S/C10H20O2/c1-9(2,11-4)8-10(3)6-5-7-12-10/h5-8H2,1-4H3. The lowest BCUT2D eigenvalue weighted by molar-refractivity contribution is -0.0694. The van der Waals surface area contributed by atoms with Crippen LogP contribution < -0.4 is 0 Å². The van der Waals surface area contributed by atoms with Crippen LogP contribution in [0.3, 0.4) is 0 Å². The molecule has 0 spiro atoms. The van der Waals surface area contributed by atoms with Crippen molar-refractivity contribution in [2.24, 2.45) is 0 Å². The van der Waals surface area contributed by atoms with E-state index in [1.807, 2.05) is 0 Å². The summed E-state index contributed by atoms with van der Waals surface area (Å²) in [6.07, 6.45) is 3.34. The van der Waals surface area contributed by atoms with Crippen molar-refractivity contribution in [2.45, 2.75) is 51.2 Å². The van der Waals surface area contributed by atoms with Crippen LogP contribution in [0.5, 0.6) is 0 Å². The van der Waals surface area contributed by atoms with Crippen LogP contribution in [0, 0.1) is 0 Å². The lowest BCUT2D eigenvalue weighted by Gasteiger charge is -2.33. The van der Waals surface area contributed by atoms with Gasteiger partial charge < -0.3 is 9.47 Å². The highest BCUT2D eigenvalue weighted by atomic mass is 16.5. The molecule has 0 aromatic carbocycles. The van der Waals surface area contributed by atoms with Crippen LogP contribution in [0.15, 0.2) is 0 Å². The maximum absolute atomic E-state index is 5.70. The normalized spacial score (nSPS) is 31.0. The molecule has 0 aliphatic carbocycles.